The summed E-state index contributed by atoms with van der Waals surface area (Å²) in [5.74, 6) is 2.78. The minimum absolute atomic E-state index is 0.317. The van der Waals surface area contributed by atoms with Crippen LogP contribution in [0, 0.1) is 0 Å². The standard InChI is InChI=1S/C13H22N4O/c1-4-10-9-17(6-7-18-10)13-8-12(14-3)15-11(5-2)16-13/h8,10H,4-7,9H2,1-3H3,(H,14,15,16). The van der Waals surface area contributed by atoms with Crippen LogP contribution in [-0.4, -0.2) is 42.8 Å². The van der Waals surface area contributed by atoms with Crippen molar-refractivity contribution < 1.29 is 4.74 Å². The van der Waals surface area contributed by atoms with E-state index < -0.39 is 0 Å². The highest BCUT2D eigenvalue weighted by molar-refractivity contribution is 5.49. The highest BCUT2D eigenvalue weighted by Crippen LogP contribution is 2.19. The van der Waals surface area contributed by atoms with Gasteiger partial charge in [-0.1, -0.05) is 13.8 Å². The lowest BCUT2D eigenvalue weighted by molar-refractivity contribution is 0.0381. The summed E-state index contributed by atoms with van der Waals surface area (Å²) in [6.07, 6.45) is 2.21. The monoisotopic (exact) mass is 250 g/mol. The molecule has 1 atom stereocenters. The van der Waals surface area contributed by atoms with Gasteiger partial charge in [0, 0.05) is 32.6 Å². The number of aryl methyl sites for hydroxylation is 1. The lowest BCUT2D eigenvalue weighted by atomic mass is 10.2. The van der Waals surface area contributed by atoms with Crippen LogP contribution < -0.4 is 10.2 Å². The predicted octanol–water partition coefficient (Wildman–Crippen LogP) is 1.70. The molecule has 0 aliphatic carbocycles. The van der Waals surface area contributed by atoms with Gasteiger partial charge in [-0.25, -0.2) is 9.97 Å². The van der Waals surface area contributed by atoms with E-state index in [4.69, 9.17) is 4.74 Å². The molecule has 1 aliphatic rings. The van der Waals surface area contributed by atoms with E-state index in [2.05, 4.69) is 34.0 Å². The summed E-state index contributed by atoms with van der Waals surface area (Å²) in [6.45, 7) is 6.83. The third-order valence-corrected chi connectivity index (χ3v) is 3.25. The summed E-state index contributed by atoms with van der Waals surface area (Å²) in [6, 6.07) is 2.01. The SMILES string of the molecule is CCc1nc(NC)cc(N2CCOC(CC)C2)n1. The van der Waals surface area contributed by atoms with Crippen LogP contribution in [-0.2, 0) is 11.2 Å². The second-order valence-corrected chi connectivity index (χ2v) is 4.48. The Labute approximate surface area is 109 Å². The third kappa shape index (κ3) is 2.90. The largest absolute Gasteiger partial charge is 0.375 e. The van der Waals surface area contributed by atoms with Crippen LogP contribution >= 0.6 is 0 Å². The minimum atomic E-state index is 0.317. The zero-order chi connectivity index (χ0) is 13.0. The van der Waals surface area contributed by atoms with Crippen LogP contribution in [0.3, 0.4) is 0 Å². The minimum Gasteiger partial charge on any atom is -0.375 e. The van der Waals surface area contributed by atoms with E-state index in [1.807, 2.05) is 13.1 Å². The van der Waals surface area contributed by atoms with Gasteiger partial charge in [0.2, 0.25) is 0 Å². The summed E-state index contributed by atoms with van der Waals surface area (Å²) >= 11 is 0. The van der Waals surface area contributed by atoms with Crippen LogP contribution in [0.15, 0.2) is 6.07 Å². The van der Waals surface area contributed by atoms with Crippen LogP contribution in [0.5, 0.6) is 0 Å². The van der Waals surface area contributed by atoms with Crippen molar-refractivity contribution in [3.05, 3.63) is 11.9 Å². The Balaban J connectivity index is 2.20. The average Bonchev–Trinajstić information content (AvgIpc) is 2.46. The Hall–Kier alpha value is -1.36. The highest BCUT2D eigenvalue weighted by Gasteiger charge is 2.20. The quantitative estimate of drug-likeness (QED) is 0.881. The van der Waals surface area contributed by atoms with Gasteiger partial charge in [0.25, 0.3) is 0 Å². The molecule has 5 nitrogen and oxygen atoms in total. The highest BCUT2D eigenvalue weighted by atomic mass is 16.5. The zero-order valence-corrected chi connectivity index (χ0v) is 11.4. The van der Waals surface area contributed by atoms with Crippen molar-refractivity contribution in [1.29, 1.82) is 0 Å². The van der Waals surface area contributed by atoms with E-state index in [-0.39, 0.29) is 0 Å². The van der Waals surface area contributed by atoms with E-state index in [1.54, 1.807) is 0 Å². The zero-order valence-electron chi connectivity index (χ0n) is 11.4. The lowest BCUT2D eigenvalue weighted by Gasteiger charge is -2.33. The van der Waals surface area contributed by atoms with Crippen molar-refractivity contribution in [2.75, 3.05) is 37.0 Å². The van der Waals surface area contributed by atoms with Crippen LogP contribution in [0.25, 0.3) is 0 Å². The maximum atomic E-state index is 5.69. The molecule has 0 aromatic carbocycles. The lowest BCUT2D eigenvalue weighted by Crippen LogP contribution is -2.42. The first kappa shape index (κ1) is 13.1. The Bertz CT molecular complexity index is 374. The summed E-state index contributed by atoms with van der Waals surface area (Å²) in [7, 11) is 1.89. The Morgan fingerprint density at radius 3 is 2.94 bits per heavy atom. The average molecular weight is 250 g/mol. The summed E-state index contributed by atoms with van der Waals surface area (Å²) in [5.41, 5.74) is 0. The molecule has 1 aliphatic heterocycles. The molecule has 100 valence electrons. The number of aromatic nitrogens is 2. The van der Waals surface area contributed by atoms with E-state index >= 15 is 0 Å². The molecule has 0 amide bonds. The Kier molecular flexibility index (Phi) is 4.36. The first-order chi connectivity index (χ1) is 8.76. The summed E-state index contributed by atoms with van der Waals surface area (Å²) in [5, 5.41) is 3.10. The number of anilines is 2. The number of morpholine rings is 1. The van der Waals surface area contributed by atoms with Gasteiger partial charge < -0.3 is 15.0 Å². The van der Waals surface area contributed by atoms with E-state index in [9.17, 15) is 0 Å². The van der Waals surface area contributed by atoms with Crippen molar-refractivity contribution in [2.45, 2.75) is 32.8 Å². The predicted molar refractivity (Wildman–Crippen MR) is 73.2 cm³/mol. The van der Waals surface area contributed by atoms with Gasteiger partial charge in [-0.15, -0.1) is 0 Å². The first-order valence-corrected chi connectivity index (χ1v) is 6.69. The van der Waals surface area contributed by atoms with Crippen LogP contribution in [0.2, 0.25) is 0 Å². The van der Waals surface area contributed by atoms with Crippen LogP contribution in [0.1, 0.15) is 26.1 Å². The maximum absolute atomic E-state index is 5.69. The summed E-state index contributed by atoms with van der Waals surface area (Å²) in [4.78, 5) is 11.3. The molecule has 0 radical (unpaired) electrons. The number of hydrogen-bond donors (Lipinski definition) is 1. The van der Waals surface area contributed by atoms with E-state index in [0.717, 1.165) is 50.0 Å². The fourth-order valence-electron chi connectivity index (χ4n) is 2.11. The topological polar surface area (TPSA) is 50.3 Å². The molecular weight excluding hydrogens is 228 g/mol. The fraction of sp³-hybridized carbons (Fsp3) is 0.692. The molecule has 2 heterocycles. The number of rotatable bonds is 4. The van der Waals surface area contributed by atoms with E-state index in [1.165, 1.54) is 0 Å². The molecule has 1 saturated heterocycles. The van der Waals surface area contributed by atoms with Gasteiger partial charge in [0.15, 0.2) is 0 Å². The van der Waals surface area contributed by atoms with E-state index in [0.29, 0.717) is 6.10 Å². The second-order valence-electron chi connectivity index (χ2n) is 4.48. The molecule has 1 unspecified atom stereocenters. The van der Waals surface area contributed by atoms with Crippen molar-refractivity contribution in [2.24, 2.45) is 0 Å². The van der Waals surface area contributed by atoms with Crippen molar-refractivity contribution in [3.63, 3.8) is 0 Å². The number of hydrogen-bond acceptors (Lipinski definition) is 5. The molecule has 18 heavy (non-hydrogen) atoms. The second kappa shape index (κ2) is 6.00. The molecule has 0 spiro atoms. The van der Waals surface area contributed by atoms with Gasteiger partial charge in [-0.2, -0.15) is 0 Å². The molecule has 1 aromatic rings. The molecule has 2 rings (SSSR count). The smallest absolute Gasteiger partial charge is 0.134 e. The first-order valence-electron chi connectivity index (χ1n) is 6.69. The maximum Gasteiger partial charge on any atom is 0.134 e. The third-order valence-electron chi connectivity index (χ3n) is 3.25. The molecule has 1 N–H and O–H groups in total. The van der Waals surface area contributed by atoms with Crippen molar-refractivity contribution >= 4 is 11.6 Å². The Morgan fingerprint density at radius 1 is 1.44 bits per heavy atom. The van der Waals surface area contributed by atoms with Crippen molar-refractivity contribution in [1.82, 2.24) is 9.97 Å². The molecule has 0 saturated carbocycles. The van der Waals surface area contributed by atoms with Gasteiger partial charge in [0.1, 0.15) is 17.5 Å². The van der Waals surface area contributed by atoms with Crippen LogP contribution in [0.4, 0.5) is 11.6 Å². The van der Waals surface area contributed by atoms with Gasteiger partial charge >= 0.3 is 0 Å². The fourth-order valence-corrected chi connectivity index (χ4v) is 2.11. The van der Waals surface area contributed by atoms with Gasteiger partial charge in [-0.3, -0.25) is 0 Å². The number of ether oxygens (including phenoxy) is 1. The molecule has 0 bridgehead atoms. The molecular formula is C13H22N4O. The molecule has 5 heteroatoms. The van der Waals surface area contributed by atoms with Gasteiger partial charge in [-0.05, 0) is 6.42 Å². The van der Waals surface area contributed by atoms with Crippen molar-refractivity contribution in [3.8, 4) is 0 Å². The number of nitrogens with one attached hydrogen (secondary N) is 1. The summed E-state index contributed by atoms with van der Waals surface area (Å²) < 4.78 is 5.69. The normalized spacial score (nSPS) is 19.9. The number of nitrogens with zero attached hydrogens (tertiary/aromatic N) is 3. The molecule has 1 aromatic heterocycles. The Morgan fingerprint density at radius 2 is 2.28 bits per heavy atom. The molecule has 1 fully saturated rings. The van der Waals surface area contributed by atoms with Gasteiger partial charge in [0.05, 0.1) is 12.7 Å².